The zero-order chi connectivity index (χ0) is 14.5. The molecule has 2 unspecified atom stereocenters. The SMILES string of the molecule is NC(CCc1ccccn1)CC1OCCc2ccccc21. The summed E-state index contributed by atoms with van der Waals surface area (Å²) in [6.45, 7) is 0.800. The smallest absolute Gasteiger partial charge is 0.0842 e. The van der Waals surface area contributed by atoms with Crippen molar-refractivity contribution in [2.45, 2.75) is 37.8 Å². The van der Waals surface area contributed by atoms with Crippen molar-refractivity contribution in [2.24, 2.45) is 5.73 Å². The Hall–Kier alpha value is -1.71. The number of hydrogen-bond donors (Lipinski definition) is 1. The number of nitrogens with zero attached hydrogens (tertiary/aromatic N) is 1. The van der Waals surface area contributed by atoms with E-state index in [4.69, 9.17) is 10.5 Å². The first-order valence-corrected chi connectivity index (χ1v) is 7.68. The van der Waals surface area contributed by atoms with Crippen molar-refractivity contribution in [2.75, 3.05) is 6.61 Å². The molecular formula is C18H22N2O. The fraction of sp³-hybridized carbons (Fsp3) is 0.389. The van der Waals surface area contributed by atoms with Gasteiger partial charge in [0.05, 0.1) is 12.7 Å². The highest BCUT2D eigenvalue weighted by molar-refractivity contribution is 5.31. The molecule has 2 aromatic rings. The van der Waals surface area contributed by atoms with Crippen LogP contribution in [0.1, 0.15) is 35.8 Å². The third-order valence-electron chi connectivity index (χ3n) is 4.11. The molecule has 1 aromatic carbocycles. The van der Waals surface area contributed by atoms with Gasteiger partial charge in [0.1, 0.15) is 0 Å². The number of hydrogen-bond acceptors (Lipinski definition) is 3. The minimum Gasteiger partial charge on any atom is -0.373 e. The Morgan fingerprint density at radius 3 is 2.90 bits per heavy atom. The number of benzene rings is 1. The van der Waals surface area contributed by atoms with Crippen LogP contribution in [0.25, 0.3) is 0 Å². The molecule has 2 atom stereocenters. The van der Waals surface area contributed by atoms with Crippen LogP contribution in [0.3, 0.4) is 0 Å². The highest BCUT2D eigenvalue weighted by Gasteiger charge is 2.22. The summed E-state index contributed by atoms with van der Waals surface area (Å²) in [5, 5.41) is 0. The van der Waals surface area contributed by atoms with E-state index in [0.717, 1.165) is 38.0 Å². The van der Waals surface area contributed by atoms with E-state index in [9.17, 15) is 0 Å². The second-order valence-corrected chi connectivity index (χ2v) is 5.66. The van der Waals surface area contributed by atoms with E-state index in [1.54, 1.807) is 0 Å². The number of fused-ring (bicyclic) bond motifs is 1. The Bertz CT molecular complexity index is 570. The fourth-order valence-electron chi connectivity index (χ4n) is 2.94. The van der Waals surface area contributed by atoms with Gasteiger partial charge >= 0.3 is 0 Å². The maximum absolute atomic E-state index is 6.30. The minimum atomic E-state index is 0.142. The first-order chi connectivity index (χ1) is 10.3. The Morgan fingerprint density at radius 2 is 2.05 bits per heavy atom. The van der Waals surface area contributed by atoms with Crippen LogP contribution in [-0.4, -0.2) is 17.6 Å². The molecule has 3 heteroatoms. The number of aryl methyl sites for hydroxylation is 1. The average Bonchev–Trinajstić information content (AvgIpc) is 2.54. The molecular weight excluding hydrogens is 260 g/mol. The van der Waals surface area contributed by atoms with Crippen LogP contribution in [0.5, 0.6) is 0 Å². The fourth-order valence-corrected chi connectivity index (χ4v) is 2.94. The van der Waals surface area contributed by atoms with Crippen LogP contribution >= 0.6 is 0 Å². The number of aromatic nitrogens is 1. The van der Waals surface area contributed by atoms with Crippen molar-refractivity contribution in [3.05, 3.63) is 65.5 Å². The lowest BCUT2D eigenvalue weighted by molar-refractivity contribution is 0.0316. The van der Waals surface area contributed by atoms with Gasteiger partial charge in [0.2, 0.25) is 0 Å². The van der Waals surface area contributed by atoms with Crippen molar-refractivity contribution in [3.8, 4) is 0 Å². The third kappa shape index (κ3) is 3.69. The summed E-state index contributed by atoms with van der Waals surface area (Å²) in [6, 6.07) is 14.7. The first kappa shape index (κ1) is 14.2. The summed E-state index contributed by atoms with van der Waals surface area (Å²) >= 11 is 0. The molecule has 2 heterocycles. The second kappa shape index (κ2) is 6.83. The van der Waals surface area contributed by atoms with Gasteiger partial charge in [-0.1, -0.05) is 30.3 Å². The Balaban J connectivity index is 1.57. The molecule has 0 radical (unpaired) electrons. The second-order valence-electron chi connectivity index (χ2n) is 5.66. The van der Waals surface area contributed by atoms with Gasteiger partial charge in [0.25, 0.3) is 0 Å². The zero-order valence-corrected chi connectivity index (χ0v) is 12.2. The van der Waals surface area contributed by atoms with Gasteiger partial charge in [-0.15, -0.1) is 0 Å². The monoisotopic (exact) mass is 282 g/mol. The van der Waals surface area contributed by atoms with Crippen LogP contribution in [-0.2, 0) is 17.6 Å². The molecule has 3 rings (SSSR count). The largest absolute Gasteiger partial charge is 0.373 e. The van der Waals surface area contributed by atoms with Crippen LogP contribution in [0, 0.1) is 0 Å². The maximum Gasteiger partial charge on any atom is 0.0842 e. The van der Waals surface area contributed by atoms with E-state index in [1.807, 2.05) is 18.3 Å². The lowest BCUT2D eigenvalue weighted by atomic mass is 9.92. The topological polar surface area (TPSA) is 48.1 Å². The number of pyridine rings is 1. The molecule has 21 heavy (non-hydrogen) atoms. The number of nitrogens with two attached hydrogens (primary N) is 1. The summed E-state index contributed by atoms with van der Waals surface area (Å²) in [5.74, 6) is 0. The van der Waals surface area contributed by atoms with E-state index in [0.29, 0.717) is 0 Å². The summed E-state index contributed by atoms with van der Waals surface area (Å²) in [6.07, 6.45) is 5.74. The molecule has 1 aromatic heterocycles. The van der Waals surface area contributed by atoms with Crippen LogP contribution in [0.4, 0.5) is 0 Å². The van der Waals surface area contributed by atoms with Gasteiger partial charge in [-0.05, 0) is 48.9 Å². The van der Waals surface area contributed by atoms with E-state index in [1.165, 1.54) is 11.1 Å². The summed E-state index contributed by atoms with van der Waals surface area (Å²) in [7, 11) is 0. The molecule has 0 bridgehead atoms. The predicted molar refractivity (Wildman–Crippen MR) is 84.0 cm³/mol. The molecule has 0 aliphatic carbocycles. The van der Waals surface area contributed by atoms with E-state index < -0.39 is 0 Å². The van der Waals surface area contributed by atoms with E-state index in [2.05, 4.69) is 35.3 Å². The molecule has 2 N–H and O–H groups in total. The van der Waals surface area contributed by atoms with Crippen molar-refractivity contribution < 1.29 is 4.74 Å². The molecule has 0 saturated heterocycles. The van der Waals surface area contributed by atoms with Gasteiger partial charge < -0.3 is 10.5 Å². The van der Waals surface area contributed by atoms with E-state index >= 15 is 0 Å². The average molecular weight is 282 g/mol. The van der Waals surface area contributed by atoms with Gasteiger partial charge in [-0.25, -0.2) is 0 Å². The normalized spacial score (nSPS) is 19.0. The summed E-state index contributed by atoms with van der Waals surface area (Å²) < 4.78 is 5.93. The van der Waals surface area contributed by atoms with Gasteiger partial charge in [0.15, 0.2) is 0 Å². The van der Waals surface area contributed by atoms with Gasteiger partial charge in [0, 0.05) is 17.9 Å². The van der Waals surface area contributed by atoms with Crippen molar-refractivity contribution in [3.63, 3.8) is 0 Å². The number of ether oxygens (including phenoxy) is 1. The quantitative estimate of drug-likeness (QED) is 0.917. The Morgan fingerprint density at radius 1 is 1.19 bits per heavy atom. The Kier molecular flexibility index (Phi) is 4.63. The molecule has 0 fully saturated rings. The molecule has 0 saturated carbocycles. The standard InChI is InChI=1S/C18H22N2O/c19-15(8-9-16-6-3-4-11-20-16)13-18-17-7-2-1-5-14(17)10-12-21-18/h1-7,11,15,18H,8-10,12-13,19H2. The van der Waals surface area contributed by atoms with Crippen LogP contribution < -0.4 is 5.73 Å². The van der Waals surface area contributed by atoms with Crippen molar-refractivity contribution in [1.82, 2.24) is 4.98 Å². The van der Waals surface area contributed by atoms with Crippen molar-refractivity contribution >= 4 is 0 Å². The van der Waals surface area contributed by atoms with Gasteiger partial charge in [-0.2, -0.15) is 0 Å². The lowest BCUT2D eigenvalue weighted by Gasteiger charge is -2.28. The molecule has 0 amide bonds. The van der Waals surface area contributed by atoms with Crippen molar-refractivity contribution in [1.29, 1.82) is 0 Å². The van der Waals surface area contributed by atoms with Crippen LogP contribution in [0.15, 0.2) is 48.7 Å². The molecule has 0 spiro atoms. The highest BCUT2D eigenvalue weighted by atomic mass is 16.5. The Labute approximate surface area is 126 Å². The predicted octanol–water partition coefficient (Wildman–Crippen LogP) is 3.05. The first-order valence-electron chi connectivity index (χ1n) is 7.68. The number of rotatable bonds is 5. The molecule has 1 aliphatic rings. The maximum atomic E-state index is 6.30. The molecule has 1 aliphatic heterocycles. The van der Waals surface area contributed by atoms with Gasteiger partial charge in [-0.3, -0.25) is 4.98 Å². The van der Waals surface area contributed by atoms with Crippen LogP contribution in [0.2, 0.25) is 0 Å². The highest BCUT2D eigenvalue weighted by Crippen LogP contribution is 2.30. The van der Waals surface area contributed by atoms with E-state index in [-0.39, 0.29) is 12.1 Å². The minimum absolute atomic E-state index is 0.142. The summed E-state index contributed by atoms with van der Waals surface area (Å²) in [4.78, 5) is 4.35. The third-order valence-corrected chi connectivity index (χ3v) is 4.11. The zero-order valence-electron chi connectivity index (χ0n) is 12.2. The lowest BCUT2D eigenvalue weighted by Crippen LogP contribution is -2.27. The molecule has 3 nitrogen and oxygen atoms in total. The summed E-state index contributed by atoms with van der Waals surface area (Å²) in [5.41, 5.74) is 10.1. The molecule has 110 valence electrons.